The van der Waals surface area contributed by atoms with Crippen LogP contribution in [-0.2, 0) is 9.53 Å². The summed E-state index contributed by atoms with van der Waals surface area (Å²) < 4.78 is 252. The normalized spacial score (nSPS) is 17.1. The highest BCUT2D eigenvalue weighted by atomic mass is 19.4. The van der Waals surface area contributed by atoms with Gasteiger partial charge >= 0.3 is 54.1 Å². The molecule has 0 heterocycles. The van der Waals surface area contributed by atoms with Crippen molar-refractivity contribution in [2.24, 2.45) is 5.92 Å². The van der Waals surface area contributed by atoms with E-state index in [-0.39, 0.29) is 6.92 Å². The molecule has 0 N–H and O–H groups in total. The van der Waals surface area contributed by atoms with Crippen LogP contribution in [0.3, 0.4) is 0 Å². The van der Waals surface area contributed by atoms with Gasteiger partial charge < -0.3 is 4.74 Å². The maximum Gasteiger partial charge on any atom is 0.460 e. The first-order valence-electron chi connectivity index (χ1n) is 7.79. The molecule has 0 radical (unpaired) electrons. The lowest BCUT2D eigenvalue weighted by atomic mass is 9.79. The first kappa shape index (κ1) is 32.9. The molecule has 208 valence electrons. The van der Waals surface area contributed by atoms with E-state index in [0.717, 1.165) is 0 Å². The second-order valence-electron chi connectivity index (χ2n) is 6.59. The molecule has 0 amide bonds. The van der Waals surface area contributed by atoms with Gasteiger partial charge in [0.2, 0.25) is 0 Å². The molecule has 0 aliphatic rings. The maximum absolute atomic E-state index is 14.1. The van der Waals surface area contributed by atoms with Crippen molar-refractivity contribution >= 4 is 5.97 Å². The number of rotatable bonds is 8. The Balaban J connectivity index is 7.71. The molecule has 21 heteroatoms. The lowest BCUT2D eigenvalue weighted by Crippen LogP contribution is -2.71. The standard InChI is InChI=1S/C14H7F19O2/c1-3(2)6(34)35-5(9(19,20)13(28,29)30)4(8(17,18)12(25,26)27)7(15,16)10(21,22)11(23,24)14(31,32)33/h4-5H,1H2,2H3. The smallest absolute Gasteiger partial charge is 0.451 e. The Bertz CT molecular complexity index is 800. The van der Waals surface area contributed by atoms with Crippen molar-refractivity contribution in [3.8, 4) is 0 Å². The van der Waals surface area contributed by atoms with Crippen LogP contribution in [0, 0.1) is 5.92 Å². The average molecular weight is 568 g/mol. The summed E-state index contributed by atoms with van der Waals surface area (Å²) in [5, 5.41) is 0. The van der Waals surface area contributed by atoms with E-state index in [0.29, 0.717) is 0 Å². The Hall–Kier alpha value is -2.12. The Morgan fingerprint density at radius 2 is 0.914 bits per heavy atom. The molecule has 2 atom stereocenters. The SMILES string of the molecule is C=C(C)C(=O)OC(C(C(F)(F)C(F)(F)F)C(F)(F)C(F)(F)C(F)(F)C(F)(F)F)C(F)(F)C(F)(F)F. The average Bonchev–Trinajstić information content (AvgIpc) is 2.56. The zero-order chi connectivity index (χ0) is 29.0. The van der Waals surface area contributed by atoms with Crippen LogP contribution in [0.1, 0.15) is 6.92 Å². The Labute approximate surface area is 179 Å². The van der Waals surface area contributed by atoms with E-state index in [2.05, 4.69) is 11.3 Å². The summed E-state index contributed by atoms with van der Waals surface area (Å²) in [5.41, 5.74) is -1.53. The number of halogens is 19. The van der Waals surface area contributed by atoms with Crippen LogP contribution < -0.4 is 0 Å². The van der Waals surface area contributed by atoms with Gasteiger partial charge in [-0.1, -0.05) is 6.58 Å². The summed E-state index contributed by atoms with van der Waals surface area (Å²) in [7, 11) is 0. The molecule has 0 spiro atoms. The Morgan fingerprint density at radius 1 is 0.571 bits per heavy atom. The van der Waals surface area contributed by atoms with Gasteiger partial charge in [-0.05, 0) is 6.92 Å². The van der Waals surface area contributed by atoms with E-state index in [9.17, 15) is 88.2 Å². The number of esters is 1. The molecule has 0 saturated heterocycles. The summed E-state index contributed by atoms with van der Waals surface area (Å²) in [4.78, 5) is 11.2. The second kappa shape index (κ2) is 8.77. The molecule has 0 aromatic carbocycles. The fraction of sp³-hybridized carbons (Fsp3) is 0.786. The minimum Gasteiger partial charge on any atom is -0.451 e. The van der Waals surface area contributed by atoms with Gasteiger partial charge in [0.1, 0.15) is 5.92 Å². The van der Waals surface area contributed by atoms with Crippen LogP contribution in [0.2, 0.25) is 0 Å². The van der Waals surface area contributed by atoms with E-state index in [1.54, 1.807) is 0 Å². The molecule has 0 rings (SSSR count). The molecule has 2 nitrogen and oxygen atoms in total. The lowest BCUT2D eigenvalue weighted by molar-refractivity contribution is -0.437. The fourth-order valence-electron chi connectivity index (χ4n) is 2.10. The molecule has 35 heavy (non-hydrogen) atoms. The molecule has 0 bridgehead atoms. The van der Waals surface area contributed by atoms with Gasteiger partial charge in [0.15, 0.2) is 6.10 Å². The van der Waals surface area contributed by atoms with E-state index in [1.165, 1.54) is 0 Å². The lowest BCUT2D eigenvalue weighted by Gasteiger charge is -2.44. The van der Waals surface area contributed by atoms with Crippen molar-refractivity contribution in [2.75, 3.05) is 0 Å². The van der Waals surface area contributed by atoms with Crippen LogP contribution in [0.4, 0.5) is 83.4 Å². The summed E-state index contributed by atoms with van der Waals surface area (Å²) in [6, 6.07) is 0. The first-order chi connectivity index (χ1) is 14.8. The largest absolute Gasteiger partial charge is 0.460 e. The van der Waals surface area contributed by atoms with Crippen molar-refractivity contribution in [2.45, 2.75) is 61.2 Å². The quantitative estimate of drug-likeness (QED) is 0.180. The highest BCUT2D eigenvalue weighted by Crippen LogP contribution is 2.62. The highest BCUT2D eigenvalue weighted by Gasteiger charge is 2.89. The zero-order valence-electron chi connectivity index (χ0n) is 15.9. The molecular formula is C14H7F19O2. The molecule has 0 aromatic heterocycles. The van der Waals surface area contributed by atoms with Gasteiger partial charge in [-0.15, -0.1) is 0 Å². The number of ether oxygens (including phenoxy) is 1. The van der Waals surface area contributed by atoms with Gasteiger partial charge in [0, 0.05) is 5.57 Å². The van der Waals surface area contributed by atoms with E-state index >= 15 is 0 Å². The third-order valence-corrected chi connectivity index (χ3v) is 3.95. The van der Waals surface area contributed by atoms with Crippen molar-refractivity contribution in [1.82, 2.24) is 0 Å². The predicted molar refractivity (Wildman–Crippen MR) is 71.1 cm³/mol. The topological polar surface area (TPSA) is 26.3 Å². The van der Waals surface area contributed by atoms with Gasteiger partial charge in [-0.2, -0.15) is 83.4 Å². The van der Waals surface area contributed by atoms with Crippen LogP contribution in [0.25, 0.3) is 0 Å². The maximum atomic E-state index is 14.1. The Morgan fingerprint density at radius 3 is 1.17 bits per heavy atom. The molecule has 0 saturated carbocycles. The Kier molecular flexibility index (Phi) is 8.24. The number of carbonyl (C=O) groups excluding carboxylic acids is 1. The van der Waals surface area contributed by atoms with Crippen LogP contribution in [-0.4, -0.2) is 60.2 Å². The van der Waals surface area contributed by atoms with Crippen LogP contribution in [0.15, 0.2) is 12.2 Å². The zero-order valence-corrected chi connectivity index (χ0v) is 15.9. The first-order valence-corrected chi connectivity index (χ1v) is 7.79. The third kappa shape index (κ3) is 5.36. The summed E-state index contributed by atoms with van der Waals surface area (Å²) >= 11 is 0. The van der Waals surface area contributed by atoms with Crippen molar-refractivity contribution in [3.63, 3.8) is 0 Å². The molecule has 0 aromatic rings. The minimum absolute atomic E-state index is 0.215. The van der Waals surface area contributed by atoms with E-state index in [1.807, 2.05) is 0 Å². The fourth-order valence-corrected chi connectivity index (χ4v) is 2.10. The summed E-state index contributed by atoms with van der Waals surface area (Å²) in [6.45, 7) is 2.61. The van der Waals surface area contributed by atoms with Gasteiger partial charge in [-0.25, -0.2) is 4.79 Å². The van der Waals surface area contributed by atoms with Gasteiger partial charge in [0.05, 0.1) is 0 Å². The van der Waals surface area contributed by atoms with Gasteiger partial charge in [-0.3, -0.25) is 0 Å². The van der Waals surface area contributed by atoms with Crippen LogP contribution >= 0.6 is 0 Å². The molecule has 0 aliphatic heterocycles. The van der Waals surface area contributed by atoms with E-state index < -0.39 is 71.7 Å². The molecular weight excluding hydrogens is 561 g/mol. The number of alkyl halides is 19. The predicted octanol–water partition coefficient (Wildman–Crippen LogP) is 6.95. The monoisotopic (exact) mass is 568 g/mol. The van der Waals surface area contributed by atoms with Gasteiger partial charge in [0.25, 0.3) is 0 Å². The van der Waals surface area contributed by atoms with Crippen molar-refractivity contribution < 1.29 is 92.9 Å². The molecule has 2 unspecified atom stereocenters. The summed E-state index contributed by atoms with van der Waals surface area (Å²) in [5.74, 6) is -50.9. The minimum atomic E-state index is -8.56. The highest BCUT2D eigenvalue weighted by molar-refractivity contribution is 5.87. The third-order valence-electron chi connectivity index (χ3n) is 3.95. The van der Waals surface area contributed by atoms with Crippen molar-refractivity contribution in [3.05, 3.63) is 12.2 Å². The molecule has 0 aliphatic carbocycles. The number of carbonyl (C=O) groups is 1. The number of hydrogen-bond donors (Lipinski definition) is 0. The summed E-state index contributed by atoms with van der Waals surface area (Å²) in [6.07, 6.45) is -29.6. The van der Waals surface area contributed by atoms with Crippen LogP contribution in [0.5, 0.6) is 0 Å². The van der Waals surface area contributed by atoms with Crippen molar-refractivity contribution in [1.29, 1.82) is 0 Å². The molecule has 0 fully saturated rings. The number of hydrogen-bond acceptors (Lipinski definition) is 2. The van der Waals surface area contributed by atoms with E-state index in [4.69, 9.17) is 0 Å². The second-order valence-corrected chi connectivity index (χ2v) is 6.59.